The first kappa shape index (κ1) is 11.8. The Bertz CT molecular complexity index is 225. The second-order valence-electron chi connectivity index (χ2n) is 3.32. The number of hydrogen-bond donors (Lipinski definition) is 2. The number of primary amides is 1. The molecule has 3 N–H and O–H groups in total. The van der Waals surface area contributed by atoms with Gasteiger partial charge in [-0.05, 0) is 33.6 Å². The zero-order chi connectivity index (χ0) is 10.3. The molecule has 0 radical (unpaired) electrons. The number of urea groups is 1. The molecule has 0 fully saturated rings. The van der Waals surface area contributed by atoms with E-state index in [1.807, 2.05) is 6.92 Å². The van der Waals surface area contributed by atoms with Crippen molar-refractivity contribution in [2.45, 2.75) is 33.6 Å². The molecule has 0 aromatic carbocycles. The smallest absolute Gasteiger partial charge is 0.316 e. The fourth-order valence-corrected chi connectivity index (χ4v) is 0.855. The molecule has 13 heavy (non-hydrogen) atoms. The number of hydrogen-bond acceptors (Lipinski definition) is 1. The minimum atomic E-state index is -0.512. The van der Waals surface area contributed by atoms with E-state index < -0.39 is 6.03 Å². The lowest BCUT2D eigenvalue weighted by molar-refractivity contribution is 0.252. The van der Waals surface area contributed by atoms with E-state index in [-0.39, 0.29) is 0 Å². The number of carbonyl (C=O) groups is 1. The maximum Gasteiger partial charge on any atom is 0.316 e. The summed E-state index contributed by atoms with van der Waals surface area (Å²) in [5.74, 6) is 0. The van der Waals surface area contributed by atoms with Gasteiger partial charge in [0.2, 0.25) is 0 Å². The van der Waals surface area contributed by atoms with Crippen LogP contribution in [-0.4, -0.2) is 6.03 Å². The van der Waals surface area contributed by atoms with Crippen molar-refractivity contribution >= 4 is 6.03 Å². The summed E-state index contributed by atoms with van der Waals surface area (Å²) >= 11 is 0. The van der Waals surface area contributed by atoms with Gasteiger partial charge < -0.3 is 11.1 Å². The lowest BCUT2D eigenvalue weighted by atomic mass is 10.1. The highest BCUT2D eigenvalue weighted by Crippen LogP contribution is 2.04. The van der Waals surface area contributed by atoms with Gasteiger partial charge in [-0.2, -0.15) is 0 Å². The SMILES string of the molecule is CC(C)=CCCC(C)=CNC(N)=O. The minimum Gasteiger partial charge on any atom is -0.351 e. The fourth-order valence-electron chi connectivity index (χ4n) is 0.855. The first-order chi connectivity index (χ1) is 6.02. The fraction of sp³-hybridized carbons (Fsp3) is 0.500. The first-order valence-electron chi connectivity index (χ1n) is 4.37. The van der Waals surface area contributed by atoms with Crippen LogP contribution in [0.25, 0.3) is 0 Å². The van der Waals surface area contributed by atoms with Crippen LogP contribution in [-0.2, 0) is 0 Å². The third-order valence-electron chi connectivity index (χ3n) is 1.55. The molecule has 0 spiro atoms. The van der Waals surface area contributed by atoms with Gasteiger partial charge in [0.25, 0.3) is 0 Å². The van der Waals surface area contributed by atoms with Crippen molar-refractivity contribution in [3.63, 3.8) is 0 Å². The van der Waals surface area contributed by atoms with E-state index in [4.69, 9.17) is 5.73 Å². The van der Waals surface area contributed by atoms with Crippen LogP contribution in [0, 0.1) is 0 Å². The zero-order valence-corrected chi connectivity index (χ0v) is 8.55. The first-order valence-corrected chi connectivity index (χ1v) is 4.37. The van der Waals surface area contributed by atoms with Crippen molar-refractivity contribution in [2.75, 3.05) is 0 Å². The standard InChI is InChI=1S/C10H18N2O/c1-8(2)5-4-6-9(3)7-12-10(11)13/h5,7H,4,6H2,1-3H3,(H3,11,12,13). The summed E-state index contributed by atoms with van der Waals surface area (Å²) in [6, 6.07) is -0.512. The molecule has 2 amide bonds. The van der Waals surface area contributed by atoms with Crippen LogP contribution in [0.4, 0.5) is 4.79 Å². The highest BCUT2D eigenvalue weighted by atomic mass is 16.2. The van der Waals surface area contributed by atoms with E-state index in [2.05, 4.69) is 25.2 Å². The Kier molecular flexibility index (Phi) is 5.68. The molecule has 3 nitrogen and oxygen atoms in total. The van der Waals surface area contributed by atoms with Crippen LogP contribution >= 0.6 is 0 Å². The number of allylic oxidation sites excluding steroid dienone is 3. The summed E-state index contributed by atoms with van der Waals surface area (Å²) in [4.78, 5) is 10.3. The van der Waals surface area contributed by atoms with Gasteiger partial charge >= 0.3 is 6.03 Å². The van der Waals surface area contributed by atoms with Crippen LogP contribution in [0.15, 0.2) is 23.4 Å². The molecule has 0 saturated heterocycles. The molecule has 0 bridgehead atoms. The molecule has 0 aromatic rings. The number of amides is 2. The van der Waals surface area contributed by atoms with E-state index >= 15 is 0 Å². The number of carbonyl (C=O) groups excluding carboxylic acids is 1. The lowest BCUT2D eigenvalue weighted by Gasteiger charge is -1.99. The van der Waals surface area contributed by atoms with Crippen molar-refractivity contribution in [1.82, 2.24) is 5.32 Å². The van der Waals surface area contributed by atoms with Crippen molar-refractivity contribution in [1.29, 1.82) is 0 Å². The molecule has 0 saturated carbocycles. The van der Waals surface area contributed by atoms with E-state index in [1.165, 1.54) is 5.57 Å². The topological polar surface area (TPSA) is 55.1 Å². The summed E-state index contributed by atoms with van der Waals surface area (Å²) in [6.45, 7) is 6.11. The number of nitrogens with two attached hydrogens (primary N) is 1. The van der Waals surface area contributed by atoms with Crippen LogP contribution in [0.2, 0.25) is 0 Å². The van der Waals surface area contributed by atoms with Gasteiger partial charge in [0.15, 0.2) is 0 Å². The Labute approximate surface area is 79.7 Å². The normalized spacial score (nSPS) is 10.8. The van der Waals surface area contributed by atoms with Crippen molar-refractivity contribution < 1.29 is 4.79 Å². The molecular formula is C10H18N2O. The molecule has 0 atom stereocenters. The molecule has 0 aromatic heterocycles. The quantitative estimate of drug-likeness (QED) is 0.644. The Morgan fingerprint density at radius 3 is 2.46 bits per heavy atom. The largest absolute Gasteiger partial charge is 0.351 e. The average molecular weight is 182 g/mol. The molecule has 0 aliphatic heterocycles. The highest BCUT2D eigenvalue weighted by Gasteiger charge is 1.90. The number of nitrogens with one attached hydrogen (secondary N) is 1. The van der Waals surface area contributed by atoms with Crippen molar-refractivity contribution in [3.8, 4) is 0 Å². The van der Waals surface area contributed by atoms with Crippen LogP contribution in [0.5, 0.6) is 0 Å². The van der Waals surface area contributed by atoms with Crippen LogP contribution in [0.1, 0.15) is 33.6 Å². The molecule has 0 heterocycles. The maximum absolute atomic E-state index is 10.3. The van der Waals surface area contributed by atoms with Crippen molar-refractivity contribution in [2.24, 2.45) is 5.73 Å². The zero-order valence-electron chi connectivity index (χ0n) is 8.55. The van der Waals surface area contributed by atoms with Crippen LogP contribution in [0.3, 0.4) is 0 Å². The monoisotopic (exact) mass is 182 g/mol. The Morgan fingerprint density at radius 1 is 1.38 bits per heavy atom. The molecule has 74 valence electrons. The Balaban J connectivity index is 3.73. The molecule has 3 heteroatoms. The molecule has 0 unspecified atom stereocenters. The van der Waals surface area contributed by atoms with Crippen LogP contribution < -0.4 is 11.1 Å². The van der Waals surface area contributed by atoms with E-state index in [0.29, 0.717) is 0 Å². The second kappa shape index (κ2) is 6.29. The third-order valence-corrected chi connectivity index (χ3v) is 1.55. The average Bonchev–Trinajstić information content (AvgIpc) is 2.00. The predicted molar refractivity (Wildman–Crippen MR) is 55.1 cm³/mol. The Morgan fingerprint density at radius 2 is 2.00 bits per heavy atom. The summed E-state index contributed by atoms with van der Waals surface area (Å²) in [5, 5.41) is 2.44. The second-order valence-corrected chi connectivity index (χ2v) is 3.32. The van der Waals surface area contributed by atoms with Gasteiger partial charge in [-0.3, -0.25) is 0 Å². The minimum absolute atomic E-state index is 0.512. The highest BCUT2D eigenvalue weighted by molar-refractivity contribution is 5.72. The van der Waals surface area contributed by atoms with Gasteiger partial charge in [-0.25, -0.2) is 4.79 Å². The molecule has 0 aliphatic carbocycles. The van der Waals surface area contributed by atoms with Gasteiger partial charge in [-0.1, -0.05) is 17.2 Å². The summed E-state index contributed by atoms with van der Waals surface area (Å²) in [5.41, 5.74) is 7.35. The van der Waals surface area contributed by atoms with Crippen molar-refractivity contribution in [3.05, 3.63) is 23.4 Å². The van der Waals surface area contributed by atoms with E-state index in [1.54, 1.807) is 6.20 Å². The van der Waals surface area contributed by atoms with Gasteiger partial charge in [0, 0.05) is 6.20 Å². The lowest BCUT2D eigenvalue weighted by Crippen LogP contribution is -2.24. The number of rotatable bonds is 4. The molecular weight excluding hydrogens is 164 g/mol. The Hall–Kier alpha value is -1.25. The third kappa shape index (κ3) is 8.66. The van der Waals surface area contributed by atoms with E-state index in [9.17, 15) is 4.79 Å². The van der Waals surface area contributed by atoms with Gasteiger partial charge in [-0.15, -0.1) is 0 Å². The summed E-state index contributed by atoms with van der Waals surface area (Å²) < 4.78 is 0. The summed E-state index contributed by atoms with van der Waals surface area (Å²) in [7, 11) is 0. The molecule has 0 rings (SSSR count). The van der Waals surface area contributed by atoms with Gasteiger partial charge in [0.1, 0.15) is 0 Å². The molecule has 0 aliphatic rings. The van der Waals surface area contributed by atoms with E-state index in [0.717, 1.165) is 18.4 Å². The summed E-state index contributed by atoms with van der Waals surface area (Å²) in [6.07, 6.45) is 5.78. The maximum atomic E-state index is 10.3. The van der Waals surface area contributed by atoms with Gasteiger partial charge in [0.05, 0.1) is 0 Å². The predicted octanol–water partition coefficient (Wildman–Crippen LogP) is 2.30.